The van der Waals surface area contributed by atoms with Gasteiger partial charge in [-0.3, -0.25) is 4.79 Å². The van der Waals surface area contributed by atoms with Gasteiger partial charge in [-0.2, -0.15) is 0 Å². The number of ether oxygens (including phenoxy) is 1. The van der Waals surface area contributed by atoms with E-state index in [1.807, 2.05) is 13.8 Å². The van der Waals surface area contributed by atoms with Crippen molar-refractivity contribution in [2.75, 3.05) is 18.5 Å². The minimum absolute atomic E-state index is 0.129. The zero-order chi connectivity index (χ0) is 23.5. The van der Waals surface area contributed by atoms with Crippen molar-refractivity contribution in [3.05, 3.63) is 35.9 Å². The fourth-order valence-corrected chi connectivity index (χ4v) is 3.14. The van der Waals surface area contributed by atoms with Gasteiger partial charge in [-0.05, 0) is 63.3 Å². The highest BCUT2D eigenvalue weighted by Crippen LogP contribution is 2.14. The number of rotatable bonds is 12. The molecule has 1 atom stereocenters. The monoisotopic (exact) mass is 452 g/mol. The lowest BCUT2D eigenvalue weighted by Crippen LogP contribution is -2.39. The molecular weight excluding hydrogens is 416 g/mol. The quantitative estimate of drug-likeness (QED) is 0.282. The number of unbranched alkanes of at least 4 members (excludes halogenated alkanes) is 1. The summed E-state index contributed by atoms with van der Waals surface area (Å²) in [7, 11) is -3.35. The first kappa shape index (κ1) is 26.8. The number of amides is 1. The van der Waals surface area contributed by atoms with E-state index < -0.39 is 14.8 Å². The van der Waals surface area contributed by atoms with E-state index in [4.69, 9.17) is 4.74 Å². The molecule has 1 amide bonds. The first-order valence-electron chi connectivity index (χ1n) is 10.7. The molecule has 1 rings (SSSR count). The van der Waals surface area contributed by atoms with E-state index in [2.05, 4.69) is 10.0 Å². The van der Waals surface area contributed by atoms with E-state index in [0.717, 1.165) is 12.0 Å². The lowest BCUT2D eigenvalue weighted by molar-refractivity contribution is -0.138. The van der Waals surface area contributed by atoms with Crippen LogP contribution >= 0.6 is 0 Å². The highest BCUT2D eigenvalue weighted by Gasteiger charge is 2.27. The maximum absolute atomic E-state index is 12.1. The van der Waals surface area contributed by atoms with Crippen LogP contribution in [0.5, 0.6) is 0 Å². The second kappa shape index (κ2) is 12.6. The maximum atomic E-state index is 12.1. The number of hydrogen-bond acceptors (Lipinski definition) is 5. The van der Waals surface area contributed by atoms with E-state index in [9.17, 15) is 18.0 Å². The Morgan fingerprint density at radius 1 is 1.13 bits per heavy atom. The van der Waals surface area contributed by atoms with E-state index >= 15 is 0 Å². The molecule has 0 aromatic heterocycles. The van der Waals surface area contributed by atoms with Gasteiger partial charge in [-0.25, -0.2) is 17.9 Å². The molecule has 0 aliphatic rings. The summed E-state index contributed by atoms with van der Waals surface area (Å²) in [6.07, 6.45) is 5.49. The molecule has 1 unspecified atom stereocenters. The second-order valence-corrected chi connectivity index (χ2v) is 11.1. The van der Waals surface area contributed by atoms with Gasteiger partial charge in [0.2, 0.25) is 15.9 Å². The summed E-state index contributed by atoms with van der Waals surface area (Å²) in [5.41, 5.74) is 1.49. The maximum Gasteiger partial charge on any atom is 0.330 e. The number of sulfonamides is 1. The summed E-state index contributed by atoms with van der Waals surface area (Å²) >= 11 is 0. The minimum atomic E-state index is -3.35. The number of hydrogen-bond donors (Lipinski definition) is 2. The number of nitrogens with one attached hydrogen (secondary N) is 2. The molecule has 0 radical (unpaired) electrons. The van der Waals surface area contributed by atoms with Crippen LogP contribution in [0.15, 0.2) is 30.3 Å². The fraction of sp³-hybridized carbons (Fsp3) is 0.565. The normalized spacial score (nSPS) is 13.2. The van der Waals surface area contributed by atoms with Gasteiger partial charge >= 0.3 is 5.97 Å². The van der Waals surface area contributed by atoms with Crippen molar-refractivity contribution >= 4 is 33.7 Å². The molecule has 0 saturated heterocycles. The average Bonchev–Trinajstić information content (AvgIpc) is 2.70. The predicted molar refractivity (Wildman–Crippen MR) is 125 cm³/mol. The van der Waals surface area contributed by atoms with Crippen molar-refractivity contribution in [3.8, 4) is 0 Å². The summed E-state index contributed by atoms with van der Waals surface area (Å²) in [4.78, 5) is 23.8. The Balaban J connectivity index is 2.35. The van der Waals surface area contributed by atoms with Gasteiger partial charge in [0.15, 0.2) is 0 Å². The van der Waals surface area contributed by atoms with Crippen LogP contribution in [0.4, 0.5) is 5.69 Å². The smallest absolute Gasteiger partial charge is 0.330 e. The summed E-state index contributed by atoms with van der Waals surface area (Å²) in [5.74, 6) is -0.161. The van der Waals surface area contributed by atoms with Crippen LogP contribution in [-0.2, 0) is 24.3 Å². The van der Waals surface area contributed by atoms with Crippen molar-refractivity contribution < 1.29 is 22.7 Å². The molecule has 0 fully saturated rings. The van der Waals surface area contributed by atoms with Gasteiger partial charge in [-0.1, -0.05) is 32.4 Å². The number of esters is 1. The van der Waals surface area contributed by atoms with Crippen molar-refractivity contribution in [1.29, 1.82) is 0 Å². The Bertz CT molecular complexity index is 840. The highest BCUT2D eigenvalue weighted by molar-refractivity contribution is 7.90. The predicted octanol–water partition coefficient (Wildman–Crippen LogP) is 4.12. The molecule has 1 aromatic carbocycles. The zero-order valence-electron chi connectivity index (χ0n) is 19.2. The van der Waals surface area contributed by atoms with Gasteiger partial charge in [0.05, 0.1) is 11.4 Å². The molecular formula is C23H36N2O5S. The van der Waals surface area contributed by atoms with E-state index in [1.165, 1.54) is 6.08 Å². The fourth-order valence-electron chi connectivity index (χ4n) is 2.29. The van der Waals surface area contributed by atoms with Gasteiger partial charge in [0.25, 0.3) is 0 Å². The van der Waals surface area contributed by atoms with Crippen LogP contribution in [-0.4, -0.2) is 38.2 Å². The summed E-state index contributed by atoms with van der Waals surface area (Å²) < 4.78 is 30.8. The third kappa shape index (κ3) is 10.6. The van der Waals surface area contributed by atoms with Crippen LogP contribution in [0.2, 0.25) is 0 Å². The topological polar surface area (TPSA) is 102 Å². The highest BCUT2D eigenvalue weighted by atomic mass is 32.2. The Hall–Kier alpha value is -2.19. The summed E-state index contributed by atoms with van der Waals surface area (Å²) in [5, 5.41) is 2.81. The van der Waals surface area contributed by atoms with Crippen LogP contribution in [0.1, 0.15) is 65.9 Å². The van der Waals surface area contributed by atoms with Crippen molar-refractivity contribution in [1.82, 2.24) is 4.72 Å². The molecule has 0 saturated carbocycles. The molecule has 31 heavy (non-hydrogen) atoms. The SMILES string of the molecule is CCC(C)COC(=O)C=Cc1ccc(NC(=O)CCCCNS(=O)(=O)C(C)(C)C)cc1. The number of benzene rings is 1. The average molecular weight is 453 g/mol. The molecule has 0 heterocycles. The van der Waals surface area contributed by atoms with Crippen LogP contribution in [0, 0.1) is 5.92 Å². The lowest BCUT2D eigenvalue weighted by Gasteiger charge is -2.19. The van der Waals surface area contributed by atoms with Gasteiger partial charge < -0.3 is 10.1 Å². The molecule has 0 aliphatic carbocycles. The molecule has 8 heteroatoms. The standard InChI is InChI=1S/C23H36N2O5S/c1-6-18(2)17-30-22(27)15-12-19-10-13-20(14-11-19)25-21(26)9-7-8-16-24-31(28,29)23(3,4)5/h10-15,18,24H,6-9,16-17H2,1-5H3,(H,25,26). The Labute approximate surface area is 186 Å². The largest absolute Gasteiger partial charge is 0.462 e. The molecule has 7 nitrogen and oxygen atoms in total. The van der Waals surface area contributed by atoms with Gasteiger partial charge in [-0.15, -0.1) is 0 Å². The van der Waals surface area contributed by atoms with Crippen LogP contribution < -0.4 is 10.0 Å². The first-order valence-corrected chi connectivity index (χ1v) is 12.2. The van der Waals surface area contributed by atoms with Crippen LogP contribution in [0.25, 0.3) is 6.08 Å². The van der Waals surface area contributed by atoms with Crippen molar-refractivity contribution in [3.63, 3.8) is 0 Å². The number of anilines is 1. The molecule has 0 spiro atoms. The summed E-state index contributed by atoms with van der Waals surface area (Å²) in [6.45, 7) is 9.72. The third-order valence-electron chi connectivity index (χ3n) is 4.74. The van der Waals surface area contributed by atoms with Crippen molar-refractivity contribution in [2.24, 2.45) is 5.92 Å². The third-order valence-corrected chi connectivity index (χ3v) is 6.94. The van der Waals surface area contributed by atoms with E-state index in [1.54, 1.807) is 51.1 Å². The Morgan fingerprint density at radius 3 is 2.35 bits per heavy atom. The molecule has 0 bridgehead atoms. The first-order chi connectivity index (χ1) is 14.4. The number of carbonyl (C=O) groups is 2. The van der Waals surface area contributed by atoms with Crippen LogP contribution in [0.3, 0.4) is 0 Å². The van der Waals surface area contributed by atoms with Crippen molar-refractivity contribution in [2.45, 2.75) is 65.0 Å². The second-order valence-electron chi connectivity index (χ2n) is 8.61. The lowest BCUT2D eigenvalue weighted by atomic mass is 10.1. The number of carbonyl (C=O) groups excluding carboxylic acids is 2. The zero-order valence-corrected chi connectivity index (χ0v) is 20.1. The summed E-state index contributed by atoms with van der Waals surface area (Å²) in [6, 6.07) is 7.13. The molecule has 174 valence electrons. The van der Waals surface area contributed by atoms with Gasteiger partial charge in [0, 0.05) is 24.7 Å². The van der Waals surface area contributed by atoms with Gasteiger partial charge in [0.1, 0.15) is 0 Å². The Kier molecular flexibility index (Phi) is 10.9. The molecule has 0 aliphatic heterocycles. The van der Waals surface area contributed by atoms with E-state index in [-0.39, 0.29) is 11.9 Å². The molecule has 1 aromatic rings. The minimum Gasteiger partial charge on any atom is -0.462 e. The Morgan fingerprint density at radius 2 is 1.77 bits per heavy atom. The molecule has 2 N–H and O–H groups in total. The van der Waals surface area contributed by atoms with E-state index in [0.29, 0.717) is 44.0 Å².